The van der Waals surface area contributed by atoms with Crippen molar-refractivity contribution in [3.05, 3.63) is 210 Å². The normalized spacial score (nSPS) is 17.9. The Morgan fingerprint density at radius 3 is 2.52 bits per heavy atom. The molecule has 0 spiro atoms. The summed E-state index contributed by atoms with van der Waals surface area (Å²) >= 11 is 0. The van der Waals surface area contributed by atoms with Gasteiger partial charge in [-0.05, 0) is 91.3 Å². The Hall–Kier alpha value is -4.95. The van der Waals surface area contributed by atoms with Gasteiger partial charge in [0.25, 0.3) is 0 Å². The molecule has 1 aliphatic carbocycles. The molecule has 0 radical (unpaired) electrons. The third-order valence-corrected chi connectivity index (χ3v) is 7.66. The average Bonchev–Trinajstić information content (AvgIpc) is 3.08. The maximum Gasteiger partial charge on any atom is 0.0690 e. The van der Waals surface area contributed by atoms with Crippen LogP contribution in [-0.2, 0) is 12.8 Å². The van der Waals surface area contributed by atoms with Crippen molar-refractivity contribution in [1.29, 1.82) is 0 Å². The van der Waals surface area contributed by atoms with E-state index in [4.69, 9.17) is 0 Å². The molecule has 0 saturated heterocycles. The second-order valence-corrected chi connectivity index (χ2v) is 11.2. The fourth-order valence-corrected chi connectivity index (χ4v) is 5.36. The lowest BCUT2D eigenvalue weighted by molar-refractivity contribution is 0.752. The number of hydrogen-bond donors (Lipinski definition) is 1. The number of allylic oxidation sites excluding steroid dienone is 19. The molecule has 0 bridgehead atoms. The Morgan fingerprint density at radius 1 is 1.00 bits per heavy atom. The third-order valence-electron chi connectivity index (χ3n) is 7.66. The van der Waals surface area contributed by atoms with Crippen LogP contribution in [0, 0.1) is 0 Å². The molecule has 1 unspecified atom stereocenters. The van der Waals surface area contributed by atoms with Gasteiger partial charge in [0.1, 0.15) is 0 Å². The van der Waals surface area contributed by atoms with Crippen molar-refractivity contribution in [2.45, 2.75) is 58.9 Å². The average molecular weight is 607 g/mol. The quantitative estimate of drug-likeness (QED) is 0.161. The Kier molecular flexibility index (Phi) is 15.6. The van der Waals surface area contributed by atoms with Gasteiger partial charge in [-0.15, -0.1) is 6.58 Å². The van der Waals surface area contributed by atoms with Gasteiger partial charge in [0.2, 0.25) is 0 Å². The van der Waals surface area contributed by atoms with Gasteiger partial charge in [-0.25, -0.2) is 0 Å². The second-order valence-electron chi connectivity index (χ2n) is 11.2. The minimum absolute atomic E-state index is 0.00107. The van der Waals surface area contributed by atoms with E-state index in [-0.39, 0.29) is 6.04 Å². The smallest absolute Gasteiger partial charge is 0.0690 e. The Balaban J connectivity index is 2.06. The van der Waals surface area contributed by atoms with E-state index in [1.54, 1.807) is 0 Å². The van der Waals surface area contributed by atoms with E-state index >= 15 is 0 Å². The van der Waals surface area contributed by atoms with Crippen molar-refractivity contribution in [2.75, 3.05) is 0 Å². The topological polar surface area (TPSA) is 24.9 Å². The Morgan fingerprint density at radius 2 is 1.83 bits per heavy atom. The molecule has 236 valence electrons. The molecule has 0 amide bonds. The highest BCUT2D eigenvalue weighted by Gasteiger charge is 2.17. The van der Waals surface area contributed by atoms with Gasteiger partial charge < -0.3 is 5.32 Å². The van der Waals surface area contributed by atoms with Crippen LogP contribution in [-0.4, -0.2) is 4.98 Å². The Labute approximate surface area is 278 Å². The molecule has 2 heteroatoms. The number of rotatable bonds is 15. The molecule has 2 aromatic rings. The van der Waals surface area contributed by atoms with Crippen molar-refractivity contribution < 1.29 is 0 Å². The van der Waals surface area contributed by atoms with Crippen LogP contribution in [0.4, 0.5) is 0 Å². The van der Waals surface area contributed by atoms with Crippen LogP contribution in [0.15, 0.2) is 193 Å². The van der Waals surface area contributed by atoms with E-state index in [0.717, 1.165) is 48.9 Å². The molecule has 1 aromatic heterocycles. The molecule has 1 aromatic carbocycles. The molecule has 0 fully saturated rings. The summed E-state index contributed by atoms with van der Waals surface area (Å²) in [5.74, 6) is 0. The fraction of sp³-hybridized carbons (Fsp3) is 0.205. The zero-order valence-corrected chi connectivity index (χ0v) is 28.0. The third kappa shape index (κ3) is 11.2. The first kappa shape index (κ1) is 35.5. The standard InChI is InChI=1S/C44H50N2/c1-7-11-30-41(35(5)6)44(38-25-17-15-13-12-14-16-18-26-38)42(23-8-2)37(9-3)33-36-24-21-27-39(34-36)43(10-4)46-32-22-29-40-28-19-20-31-45-40/h7-8,10-15,18-28,30-32,34,43,46H,1,4-5,9,16-17,29,33H2,2-3,6H3/b14-12-,15-13-,23-8-,26-18?,30-11-,32-22-,38-25+,42-37-,44-41-. The van der Waals surface area contributed by atoms with Gasteiger partial charge in [0.15, 0.2) is 0 Å². The predicted octanol–water partition coefficient (Wildman–Crippen LogP) is 11.5. The van der Waals surface area contributed by atoms with E-state index in [9.17, 15) is 0 Å². The lowest BCUT2D eigenvalue weighted by Crippen LogP contribution is -2.13. The molecule has 2 nitrogen and oxygen atoms in total. The van der Waals surface area contributed by atoms with Crippen LogP contribution < -0.4 is 5.32 Å². The van der Waals surface area contributed by atoms with E-state index in [0.29, 0.717) is 0 Å². The summed E-state index contributed by atoms with van der Waals surface area (Å²) in [5.41, 5.74) is 10.6. The van der Waals surface area contributed by atoms with Crippen molar-refractivity contribution in [2.24, 2.45) is 0 Å². The maximum atomic E-state index is 4.41. The monoisotopic (exact) mass is 606 g/mol. The molecule has 3 rings (SSSR count). The summed E-state index contributed by atoms with van der Waals surface area (Å²) in [7, 11) is 0. The number of pyridine rings is 1. The van der Waals surface area contributed by atoms with Crippen LogP contribution in [0.3, 0.4) is 0 Å². The summed E-state index contributed by atoms with van der Waals surface area (Å²) in [4.78, 5) is 4.40. The minimum atomic E-state index is -0.00107. The van der Waals surface area contributed by atoms with Gasteiger partial charge >= 0.3 is 0 Å². The second kappa shape index (κ2) is 20.2. The molecule has 0 aliphatic heterocycles. The molecule has 1 atom stereocenters. The zero-order valence-electron chi connectivity index (χ0n) is 28.0. The number of nitrogens with zero attached hydrogens (tertiary/aromatic N) is 1. The highest BCUT2D eigenvalue weighted by atomic mass is 14.9. The summed E-state index contributed by atoms with van der Waals surface area (Å²) < 4.78 is 0. The number of benzene rings is 1. The van der Waals surface area contributed by atoms with Crippen molar-refractivity contribution in [1.82, 2.24) is 10.3 Å². The SMILES string of the molecule is C=C\C=C/C(C(=C)C)=C(C(/C=C\C)=C(/CC)Cc1cccc(C(C=C)N/C=C\Cc2ccccn2)c1)\C1=C\C/C=C\C=C/CC=C1. The van der Waals surface area contributed by atoms with E-state index < -0.39 is 0 Å². The van der Waals surface area contributed by atoms with Crippen LogP contribution >= 0.6 is 0 Å². The number of nitrogens with one attached hydrogen (secondary N) is 1. The first-order valence-electron chi connectivity index (χ1n) is 16.3. The zero-order chi connectivity index (χ0) is 33.0. The van der Waals surface area contributed by atoms with E-state index in [2.05, 4.69) is 142 Å². The van der Waals surface area contributed by atoms with Gasteiger partial charge in [-0.3, -0.25) is 4.98 Å². The fourth-order valence-electron chi connectivity index (χ4n) is 5.36. The van der Waals surface area contributed by atoms with Gasteiger partial charge in [-0.2, -0.15) is 0 Å². The van der Waals surface area contributed by atoms with Gasteiger partial charge in [0.05, 0.1) is 6.04 Å². The largest absolute Gasteiger partial charge is 0.381 e. The van der Waals surface area contributed by atoms with Crippen LogP contribution in [0.25, 0.3) is 0 Å². The number of hydrogen-bond acceptors (Lipinski definition) is 2. The van der Waals surface area contributed by atoms with Crippen LogP contribution in [0.2, 0.25) is 0 Å². The number of aromatic nitrogens is 1. The van der Waals surface area contributed by atoms with E-state index in [1.807, 2.05) is 48.8 Å². The predicted molar refractivity (Wildman–Crippen MR) is 201 cm³/mol. The van der Waals surface area contributed by atoms with Crippen LogP contribution in [0.5, 0.6) is 0 Å². The lowest BCUT2D eigenvalue weighted by atomic mass is 9.83. The molecule has 1 heterocycles. The maximum absolute atomic E-state index is 4.41. The van der Waals surface area contributed by atoms with Crippen molar-refractivity contribution in [3.8, 4) is 0 Å². The van der Waals surface area contributed by atoms with Gasteiger partial charge in [-0.1, -0.05) is 147 Å². The lowest BCUT2D eigenvalue weighted by Gasteiger charge is -2.21. The van der Waals surface area contributed by atoms with Gasteiger partial charge in [0, 0.05) is 18.3 Å². The summed E-state index contributed by atoms with van der Waals surface area (Å²) in [6.45, 7) is 18.9. The van der Waals surface area contributed by atoms with Crippen molar-refractivity contribution in [3.63, 3.8) is 0 Å². The van der Waals surface area contributed by atoms with Crippen molar-refractivity contribution >= 4 is 0 Å². The summed E-state index contributed by atoms with van der Waals surface area (Å²) in [5, 5.41) is 3.51. The molecule has 1 aliphatic rings. The molecule has 0 saturated carbocycles. The summed E-state index contributed by atoms with van der Waals surface area (Å²) in [6.07, 6.45) is 38.0. The highest BCUT2D eigenvalue weighted by Crippen LogP contribution is 2.34. The first-order valence-corrected chi connectivity index (χ1v) is 16.3. The highest BCUT2D eigenvalue weighted by molar-refractivity contribution is 5.65. The summed E-state index contributed by atoms with van der Waals surface area (Å²) in [6, 6.07) is 14.8. The Bertz CT molecular complexity index is 1600. The minimum Gasteiger partial charge on any atom is -0.381 e. The molecule has 46 heavy (non-hydrogen) atoms. The first-order chi connectivity index (χ1) is 22.5. The molecule has 1 N–H and O–H groups in total. The van der Waals surface area contributed by atoms with E-state index in [1.165, 1.54) is 33.4 Å². The molecular weight excluding hydrogens is 556 g/mol. The molecular formula is C44H50N2. The van der Waals surface area contributed by atoms with Crippen LogP contribution in [0.1, 0.15) is 62.9 Å².